The predicted molar refractivity (Wildman–Crippen MR) is 78.5 cm³/mol. The van der Waals surface area contributed by atoms with Crippen molar-refractivity contribution in [1.29, 1.82) is 0 Å². The molecule has 1 unspecified atom stereocenters. The minimum Gasteiger partial charge on any atom is -0.349 e. The molecular weight excluding hydrogens is 268 g/mol. The van der Waals surface area contributed by atoms with E-state index < -0.39 is 0 Å². The van der Waals surface area contributed by atoms with E-state index in [1.54, 1.807) is 6.92 Å². The Balaban J connectivity index is 2.14. The quantitative estimate of drug-likeness (QED) is 0.905. The number of nitrogens with one attached hydrogen (secondary N) is 1. The van der Waals surface area contributed by atoms with E-state index >= 15 is 0 Å². The van der Waals surface area contributed by atoms with Crippen molar-refractivity contribution in [3.63, 3.8) is 0 Å². The van der Waals surface area contributed by atoms with Crippen molar-refractivity contribution in [1.82, 2.24) is 20.5 Å². The summed E-state index contributed by atoms with van der Waals surface area (Å²) >= 11 is 0. The largest absolute Gasteiger partial charge is 0.349 e. The molecule has 1 aromatic carbocycles. The fourth-order valence-electron chi connectivity index (χ4n) is 2.22. The summed E-state index contributed by atoms with van der Waals surface area (Å²) in [6.07, 6.45) is 0. The molecular formula is C15H20N4O2. The van der Waals surface area contributed by atoms with Crippen molar-refractivity contribution in [2.75, 3.05) is 14.1 Å². The van der Waals surface area contributed by atoms with Gasteiger partial charge in [0.2, 0.25) is 5.91 Å². The number of hydrogen-bond acceptors (Lipinski definition) is 5. The molecule has 0 fully saturated rings. The van der Waals surface area contributed by atoms with E-state index in [9.17, 15) is 4.79 Å². The van der Waals surface area contributed by atoms with Gasteiger partial charge in [-0.1, -0.05) is 34.6 Å². The van der Waals surface area contributed by atoms with E-state index in [4.69, 9.17) is 0 Å². The number of carbonyl (C=O) groups excluding carboxylic acids is 1. The van der Waals surface area contributed by atoms with Gasteiger partial charge in [0.1, 0.15) is 17.4 Å². The first-order chi connectivity index (χ1) is 10.0. The van der Waals surface area contributed by atoms with Crippen LogP contribution in [0.4, 0.5) is 0 Å². The molecule has 0 aliphatic carbocycles. The summed E-state index contributed by atoms with van der Waals surface area (Å²) in [6.45, 7) is 4.11. The second kappa shape index (κ2) is 6.49. The van der Waals surface area contributed by atoms with Crippen LogP contribution in [0.5, 0.6) is 0 Å². The fourth-order valence-corrected chi connectivity index (χ4v) is 2.22. The van der Waals surface area contributed by atoms with Gasteiger partial charge in [0.25, 0.3) is 0 Å². The molecule has 2 aromatic rings. The first-order valence-corrected chi connectivity index (χ1v) is 6.78. The molecule has 0 bridgehead atoms. The lowest BCUT2D eigenvalue weighted by molar-refractivity contribution is -0.126. The van der Waals surface area contributed by atoms with Crippen molar-refractivity contribution >= 4 is 5.91 Å². The molecule has 1 aromatic heterocycles. The molecule has 2 rings (SSSR count). The van der Waals surface area contributed by atoms with E-state index in [1.807, 2.05) is 50.2 Å². The van der Waals surface area contributed by atoms with Gasteiger partial charge in [0, 0.05) is 0 Å². The highest BCUT2D eigenvalue weighted by atomic mass is 16.6. The van der Waals surface area contributed by atoms with Crippen molar-refractivity contribution < 1.29 is 9.42 Å². The second-order valence-electron chi connectivity index (χ2n) is 5.24. The van der Waals surface area contributed by atoms with E-state index in [1.165, 1.54) is 0 Å². The highest BCUT2D eigenvalue weighted by Crippen LogP contribution is 2.22. The lowest BCUT2D eigenvalue weighted by atomic mass is 10.00. The van der Waals surface area contributed by atoms with Gasteiger partial charge in [0.05, 0.1) is 6.54 Å². The van der Waals surface area contributed by atoms with Crippen LogP contribution in [0.1, 0.15) is 28.6 Å². The number of nitrogens with zero attached hydrogens (tertiary/aromatic N) is 3. The van der Waals surface area contributed by atoms with Crippen LogP contribution >= 0.6 is 0 Å². The summed E-state index contributed by atoms with van der Waals surface area (Å²) in [7, 11) is 3.78. The van der Waals surface area contributed by atoms with Crippen molar-refractivity contribution in [2.45, 2.75) is 26.4 Å². The predicted octanol–water partition coefficient (Wildman–Crippen LogP) is 1.61. The normalized spacial score (nSPS) is 12.4. The first kappa shape index (κ1) is 15.2. The molecule has 0 radical (unpaired) electrons. The Bertz CT molecular complexity index is 622. The van der Waals surface area contributed by atoms with Crippen LogP contribution in [0.3, 0.4) is 0 Å². The summed E-state index contributed by atoms with van der Waals surface area (Å²) in [5.74, 6) is -0.0725. The Hall–Kier alpha value is -2.21. The first-order valence-electron chi connectivity index (χ1n) is 6.78. The van der Waals surface area contributed by atoms with Crippen LogP contribution in [-0.2, 0) is 11.3 Å². The van der Waals surface area contributed by atoms with Gasteiger partial charge >= 0.3 is 0 Å². The Kier molecular flexibility index (Phi) is 4.70. The zero-order chi connectivity index (χ0) is 15.4. The molecule has 0 aliphatic heterocycles. The topological polar surface area (TPSA) is 71.3 Å². The number of aromatic nitrogens is 2. The maximum atomic E-state index is 12.5. The van der Waals surface area contributed by atoms with Crippen LogP contribution in [0, 0.1) is 13.8 Å². The van der Waals surface area contributed by atoms with Crippen LogP contribution in [0.2, 0.25) is 0 Å². The van der Waals surface area contributed by atoms with Crippen molar-refractivity contribution in [3.05, 3.63) is 46.8 Å². The number of rotatable bonds is 5. The monoisotopic (exact) mass is 288 g/mol. The van der Waals surface area contributed by atoms with Crippen LogP contribution < -0.4 is 5.32 Å². The molecule has 6 heteroatoms. The van der Waals surface area contributed by atoms with Crippen LogP contribution in [0.25, 0.3) is 0 Å². The third kappa shape index (κ3) is 3.46. The molecule has 21 heavy (non-hydrogen) atoms. The minimum absolute atomic E-state index is 0.0725. The average molecular weight is 288 g/mol. The van der Waals surface area contributed by atoms with Gasteiger partial charge in [-0.25, -0.2) is 4.63 Å². The third-order valence-electron chi connectivity index (χ3n) is 3.42. The van der Waals surface area contributed by atoms with Gasteiger partial charge < -0.3 is 5.32 Å². The standard InChI is InChI=1S/C15H20N4O2/c1-10-7-5-6-8-12(10)14(19(3)4)15(20)16-9-13-11(2)17-21-18-13/h5-8,14H,9H2,1-4H3,(H,16,20). The van der Waals surface area contributed by atoms with Crippen LogP contribution in [-0.4, -0.2) is 35.2 Å². The number of carbonyl (C=O) groups is 1. The fraction of sp³-hybridized carbons (Fsp3) is 0.400. The second-order valence-corrected chi connectivity index (χ2v) is 5.24. The van der Waals surface area contributed by atoms with E-state index in [0.717, 1.165) is 11.1 Å². The Morgan fingerprint density at radius 3 is 2.57 bits per heavy atom. The molecule has 6 nitrogen and oxygen atoms in total. The number of likely N-dealkylation sites (N-methyl/N-ethyl adjacent to an activating group) is 1. The lowest BCUT2D eigenvalue weighted by Gasteiger charge is -2.25. The molecule has 0 spiro atoms. The highest BCUT2D eigenvalue weighted by molar-refractivity contribution is 5.83. The lowest BCUT2D eigenvalue weighted by Crippen LogP contribution is -2.37. The molecule has 0 saturated carbocycles. The molecule has 1 atom stereocenters. The third-order valence-corrected chi connectivity index (χ3v) is 3.42. The number of benzene rings is 1. The van der Waals surface area contributed by atoms with E-state index in [2.05, 4.69) is 20.3 Å². The average Bonchev–Trinajstić information content (AvgIpc) is 2.84. The molecule has 1 heterocycles. The highest BCUT2D eigenvalue weighted by Gasteiger charge is 2.24. The van der Waals surface area contributed by atoms with Gasteiger partial charge in [-0.3, -0.25) is 9.69 Å². The molecule has 0 aliphatic rings. The summed E-state index contributed by atoms with van der Waals surface area (Å²) in [5, 5.41) is 10.4. The minimum atomic E-state index is -0.341. The zero-order valence-electron chi connectivity index (χ0n) is 12.8. The zero-order valence-corrected chi connectivity index (χ0v) is 12.8. The summed E-state index contributed by atoms with van der Waals surface area (Å²) in [5.41, 5.74) is 3.42. The van der Waals surface area contributed by atoms with E-state index in [0.29, 0.717) is 17.9 Å². The maximum absolute atomic E-state index is 12.5. The summed E-state index contributed by atoms with van der Waals surface area (Å²) in [4.78, 5) is 14.4. The van der Waals surface area contributed by atoms with Crippen molar-refractivity contribution in [2.24, 2.45) is 0 Å². The molecule has 0 saturated heterocycles. The Morgan fingerprint density at radius 1 is 1.29 bits per heavy atom. The summed E-state index contributed by atoms with van der Waals surface area (Å²) in [6, 6.07) is 7.55. The summed E-state index contributed by atoms with van der Waals surface area (Å²) < 4.78 is 4.63. The Morgan fingerprint density at radius 2 is 2.00 bits per heavy atom. The molecule has 112 valence electrons. The smallest absolute Gasteiger partial charge is 0.242 e. The van der Waals surface area contributed by atoms with Crippen molar-refractivity contribution in [3.8, 4) is 0 Å². The van der Waals surface area contributed by atoms with Gasteiger partial charge in [-0.05, 0) is 39.1 Å². The number of hydrogen-bond donors (Lipinski definition) is 1. The van der Waals surface area contributed by atoms with Crippen LogP contribution in [0.15, 0.2) is 28.9 Å². The number of amides is 1. The van der Waals surface area contributed by atoms with Gasteiger partial charge in [0.15, 0.2) is 0 Å². The molecule has 1 amide bonds. The van der Waals surface area contributed by atoms with Gasteiger partial charge in [-0.2, -0.15) is 0 Å². The SMILES string of the molecule is Cc1ccccc1C(C(=O)NCc1nonc1C)N(C)C. The maximum Gasteiger partial charge on any atom is 0.242 e. The van der Waals surface area contributed by atoms with Gasteiger partial charge in [-0.15, -0.1) is 0 Å². The van der Waals surface area contributed by atoms with E-state index in [-0.39, 0.29) is 11.9 Å². The molecule has 1 N–H and O–H groups in total. The number of aryl methyl sites for hydroxylation is 2. The Labute approximate surface area is 124 Å².